The third-order valence-electron chi connectivity index (χ3n) is 3.22. The molecule has 0 aliphatic carbocycles. The molecule has 10 heteroatoms. The van der Waals surface area contributed by atoms with Crippen LogP contribution in [0.5, 0.6) is 0 Å². The molecular formula is C13H14N6O3S. The Hall–Kier alpha value is -2.72. The van der Waals surface area contributed by atoms with Gasteiger partial charge in [0.15, 0.2) is 5.65 Å². The quantitative estimate of drug-likeness (QED) is 0.599. The fraction of sp³-hybridized carbons (Fsp3) is 0.154. The van der Waals surface area contributed by atoms with E-state index in [1.807, 2.05) is 4.72 Å². The van der Waals surface area contributed by atoms with Crippen molar-refractivity contribution in [3.63, 3.8) is 0 Å². The van der Waals surface area contributed by atoms with Gasteiger partial charge in [0.05, 0.1) is 29.2 Å². The Bertz CT molecular complexity index is 936. The molecule has 0 fully saturated rings. The maximum absolute atomic E-state index is 10.7. The first-order valence-electron chi connectivity index (χ1n) is 6.64. The summed E-state index contributed by atoms with van der Waals surface area (Å²) in [7, 11) is -2.46. The predicted molar refractivity (Wildman–Crippen MR) is 85.2 cm³/mol. The lowest BCUT2D eigenvalue weighted by molar-refractivity contribution is 0.489. The standard InChI is InChI=1S/C13H14N6O3S/c1-19-13-11(7-16-19)12(8-15-17-13)14-6-9-2-4-10(5-3-9)18-23(20,21)22/h2-5,7-8,18H,6H2,1H3,(H,14,17)(H,20,21,22). The molecule has 3 N–H and O–H groups in total. The molecule has 120 valence electrons. The van der Waals surface area contributed by atoms with Gasteiger partial charge in [0.1, 0.15) is 0 Å². The molecule has 2 aromatic heterocycles. The van der Waals surface area contributed by atoms with Crippen LogP contribution in [0, 0.1) is 0 Å². The number of hydrogen-bond acceptors (Lipinski definition) is 6. The third kappa shape index (κ3) is 3.55. The summed E-state index contributed by atoms with van der Waals surface area (Å²) < 4.78 is 33.8. The number of benzene rings is 1. The zero-order chi connectivity index (χ0) is 16.4. The minimum atomic E-state index is -4.26. The molecule has 1 aromatic carbocycles. The van der Waals surface area contributed by atoms with Crippen LogP contribution in [0.15, 0.2) is 36.7 Å². The number of aromatic nitrogens is 4. The number of hydrogen-bond donors (Lipinski definition) is 3. The highest BCUT2D eigenvalue weighted by atomic mass is 32.2. The lowest BCUT2D eigenvalue weighted by Crippen LogP contribution is -2.10. The first-order valence-corrected chi connectivity index (χ1v) is 8.08. The van der Waals surface area contributed by atoms with Crippen LogP contribution in [0.1, 0.15) is 5.56 Å². The average molecular weight is 334 g/mol. The summed E-state index contributed by atoms with van der Waals surface area (Å²) in [6.45, 7) is 0.516. The number of fused-ring (bicyclic) bond motifs is 1. The van der Waals surface area contributed by atoms with Crippen molar-refractivity contribution in [1.82, 2.24) is 20.0 Å². The Labute approximate surface area is 132 Å². The van der Waals surface area contributed by atoms with Gasteiger partial charge in [-0.25, -0.2) is 4.68 Å². The minimum Gasteiger partial charge on any atom is -0.379 e. The van der Waals surface area contributed by atoms with Gasteiger partial charge in [-0.1, -0.05) is 12.1 Å². The molecule has 0 saturated heterocycles. The van der Waals surface area contributed by atoms with Crippen LogP contribution in [-0.2, 0) is 23.9 Å². The summed E-state index contributed by atoms with van der Waals surface area (Å²) >= 11 is 0. The zero-order valence-electron chi connectivity index (χ0n) is 12.1. The van der Waals surface area contributed by atoms with E-state index >= 15 is 0 Å². The van der Waals surface area contributed by atoms with Crippen LogP contribution in [0.2, 0.25) is 0 Å². The number of rotatable bonds is 5. The minimum absolute atomic E-state index is 0.288. The van der Waals surface area contributed by atoms with E-state index in [4.69, 9.17) is 4.55 Å². The zero-order valence-corrected chi connectivity index (χ0v) is 12.9. The molecule has 0 radical (unpaired) electrons. The molecule has 0 bridgehead atoms. The highest BCUT2D eigenvalue weighted by molar-refractivity contribution is 7.87. The van der Waals surface area contributed by atoms with Crippen LogP contribution in [0.25, 0.3) is 11.0 Å². The number of anilines is 2. The second-order valence-electron chi connectivity index (χ2n) is 4.89. The van der Waals surface area contributed by atoms with E-state index in [9.17, 15) is 8.42 Å². The average Bonchev–Trinajstić information content (AvgIpc) is 2.87. The van der Waals surface area contributed by atoms with Gasteiger partial charge in [-0.2, -0.15) is 18.6 Å². The summed E-state index contributed by atoms with van der Waals surface area (Å²) in [6.07, 6.45) is 3.34. The van der Waals surface area contributed by atoms with Gasteiger partial charge in [0.2, 0.25) is 0 Å². The van der Waals surface area contributed by atoms with Crippen molar-refractivity contribution >= 4 is 32.7 Å². The molecule has 3 rings (SSSR count). The smallest absolute Gasteiger partial charge is 0.357 e. The van der Waals surface area contributed by atoms with Crippen molar-refractivity contribution in [2.75, 3.05) is 10.0 Å². The fourth-order valence-corrected chi connectivity index (χ4v) is 2.56. The van der Waals surface area contributed by atoms with Crippen LogP contribution in [0.3, 0.4) is 0 Å². The van der Waals surface area contributed by atoms with Gasteiger partial charge in [-0.05, 0) is 17.7 Å². The SMILES string of the molecule is Cn1ncc2c(NCc3ccc(NS(=O)(=O)O)cc3)cnnc21. The molecule has 0 unspecified atom stereocenters. The van der Waals surface area contributed by atoms with Gasteiger partial charge in [0, 0.05) is 13.6 Å². The molecular weight excluding hydrogens is 320 g/mol. The molecule has 23 heavy (non-hydrogen) atoms. The molecule has 0 spiro atoms. The monoisotopic (exact) mass is 334 g/mol. The first-order chi connectivity index (χ1) is 10.9. The van der Waals surface area contributed by atoms with E-state index in [0.29, 0.717) is 12.2 Å². The summed E-state index contributed by atoms with van der Waals surface area (Å²) in [5.41, 5.74) is 2.71. The van der Waals surface area contributed by atoms with Crippen molar-refractivity contribution in [3.05, 3.63) is 42.2 Å². The fourth-order valence-electron chi connectivity index (χ4n) is 2.13. The Morgan fingerprint density at radius 2 is 1.96 bits per heavy atom. The highest BCUT2D eigenvalue weighted by Gasteiger charge is 2.07. The number of nitrogens with zero attached hydrogens (tertiary/aromatic N) is 4. The topological polar surface area (TPSA) is 122 Å². The van der Waals surface area contributed by atoms with Crippen molar-refractivity contribution in [2.24, 2.45) is 7.05 Å². The molecule has 9 nitrogen and oxygen atoms in total. The molecule has 0 amide bonds. The van der Waals surface area contributed by atoms with Crippen molar-refractivity contribution in [1.29, 1.82) is 0 Å². The summed E-state index contributed by atoms with van der Waals surface area (Å²) in [5.74, 6) is 0. The van der Waals surface area contributed by atoms with Gasteiger partial charge in [-0.3, -0.25) is 9.27 Å². The largest absolute Gasteiger partial charge is 0.379 e. The number of aryl methyl sites for hydroxylation is 1. The van der Waals surface area contributed by atoms with Crippen molar-refractivity contribution in [2.45, 2.75) is 6.54 Å². The van der Waals surface area contributed by atoms with Gasteiger partial charge < -0.3 is 5.32 Å². The van der Waals surface area contributed by atoms with Crippen LogP contribution >= 0.6 is 0 Å². The van der Waals surface area contributed by atoms with Gasteiger partial charge in [-0.15, -0.1) is 5.10 Å². The molecule has 3 aromatic rings. The second-order valence-corrected chi connectivity index (χ2v) is 6.05. The molecule has 0 aliphatic rings. The van der Waals surface area contributed by atoms with E-state index in [-0.39, 0.29) is 5.69 Å². The molecule has 0 atom stereocenters. The molecule has 2 heterocycles. The third-order valence-corrected chi connectivity index (χ3v) is 3.71. The highest BCUT2D eigenvalue weighted by Crippen LogP contribution is 2.20. The normalized spacial score (nSPS) is 11.6. The van der Waals surface area contributed by atoms with E-state index in [0.717, 1.165) is 16.6 Å². The Morgan fingerprint density at radius 1 is 1.22 bits per heavy atom. The molecule has 0 aliphatic heterocycles. The maximum atomic E-state index is 10.7. The van der Waals surface area contributed by atoms with Gasteiger partial charge >= 0.3 is 10.3 Å². The van der Waals surface area contributed by atoms with E-state index in [1.54, 1.807) is 48.4 Å². The Kier molecular flexibility index (Phi) is 3.84. The molecule has 0 saturated carbocycles. The van der Waals surface area contributed by atoms with Crippen LogP contribution in [-0.4, -0.2) is 32.9 Å². The van der Waals surface area contributed by atoms with Crippen molar-refractivity contribution < 1.29 is 13.0 Å². The summed E-state index contributed by atoms with van der Waals surface area (Å²) in [6, 6.07) is 6.62. The lowest BCUT2D eigenvalue weighted by Gasteiger charge is -2.08. The van der Waals surface area contributed by atoms with Gasteiger partial charge in [0.25, 0.3) is 0 Å². The van der Waals surface area contributed by atoms with Crippen LogP contribution in [0.4, 0.5) is 11.4 Å². The predicted octanol–water partition coefficient (Wildman–Crippen LogP) is 1.19. The van der Waals surface area contributed by atoms with Crippen molar-refractivity contribution in [3.8, 4) is 0 Å². The lowest BCUT2D eigenvalue weighted by atomic mass is 10.2. The Morgan fingerprint density at radius 3 is 2.65 bits per heavy atom. The second kappa shape index (κ2) is 5.82. The first kappa shape index (κ1) is 15.2. The van der Waals surface area contributed by atoms with Crippen LogP contribution < -0.4 is 10.0 Å². The number of nitrogens with one attached hydrogen (secondary N) is 2. The Balaban J connectivity index is 1.72. The maximum Gasteiger partial charge on any atom is 0.357 e. The summed E-state index contributed by atoms with van der Waals surface area (Å²) in [4.78, 5) is 0. The van der Waals surface area contributed by atoms with E-state index in [1.165, 1.54) is 0 Å². The summed E-state index contributed by atoms with van der Waals surface area (Å²) in [5, 5.41) is 16.2. The van der Waals surface area contributed by atoms with E-state index in [2.05, 4.69) is 20.6 Å². The van der Waals surface area contributed by atoms with E-state index < -0.39 is 10.3 Å².